The van der Waals surface area contributed by atoms with Gasteiger partial charge in [-0.1, -0.05) is 6.92 Å². The fourth-order valence-electron chi connectivity index (χ4n) is 1.87. The van der Waals surface area contributed by atoms with Crippen molar-refractivity contribution in [1.29, 1.82) is 0 Å². The van der Waals surface area contributed by atoms with Gasteiger partial charge in [0, 0.05) is 18.2 Å². The quantitative estimate of drug-likeness (QED) is 0.712. The number of nitrogens with zero attached hydrogens (tertiary/aromatic N) is 1. The van der Waals surface area contributed by atoms with E-state index in [0.29, 0.717) is 22.7 Å². The number of nitrogens with one attached hydrogen (secondary N) is 2. The molecule has 20 heavy (non-hydrogen) atoms. The first-order valence-corrected chi connectivity index (χ1v) is 7.14. The molecular formula is C13H18N4O2S. The van der Waals surface area contributed by atoms with Crippen LogP contribution in [0.25, 0.3) is 0 Å². The number of nitrogen functional groups attached to an aromatic ring is 1. The molecule has 0 saturated carbocycles. The molecule has 2 aromatic heterocycles. The van der Waals surface area contributed by atoms with Crippen LogP contribution in [0.3, 0.4) is 0 Å². The summed E-state index contributed by atoms with van der Waals surface area (Å²) in [5.74, 6) is 0.553. The summed E-state index contributed by atoms with van der Waals surface area (Å²) in [6.45, 7) is 3.82. The maximum absolute atomic E-state index is 11.9. The fourth-order valence-corrected chi connectivity index (χ4v) is 3.06. The van der Waals surface area contributed by atoms with Gasteiger partial charge in [0.25, 0.3) is 0 Å². The van der Waals surface area contributed by atoms with Gasteiger partial charge in [0.15, 0.2) is 11.5 Å². The first-order valence-electron chi connectivity index (χ1n) is 6.33. The Balaban J connectivity index is 2.29. The van der Waals surface area contributed by atoms with Crippen LogP contribution >= 0.6 is 11.3 Å². The molecule has 0 bridgehead atoms. The fraction of sp³-hybridized carbons (Fsp3) is 0.385. The van der Waals surface area contributed by atoms with E-state index in [1.54, 1.807) is 13.3 Å². The molecule has 2 heterocycles. The second kappa shape index (κ2) is 5.96. The number of hydrogen-bond acceptors (Lipinski definition) is 6. The van der Waals surface area contributed by atoms with E-state index in [0.717, 1.165) is 10.6 Å². The monoisotopic (exact) mass is 294 g/mol. The number of Topliss-reactive ketones (excluding diaryl/α,β-unsaturated/α-hetero) is 1. The summed E-state index contributed by atoms with van der Waals surface area (Å²) < 4.78 is 5.32. The largest absolute Gasteiger partial charge is 0.492 e. The molecule has 0 aliphatic rings. The van der Waals surface area contributed by atoms with E-state index in [2.05, 4.69) is 15.5 Å². The lowest BCUT2D eigenvalue weighted by atomic mass is 10.2. The van der Waals surface area contributed by atoms with Crippen molar-refractivity contribution in [2.24, 2.45) is 0 Å². The van der Waals surface area contributed by atoms with Crippen LogP contribution in [0.15, 0.2) is 12.4 Å². The molecule has 2 aromatic rings. The van der Waals surface area contributed by atoms with Crippen molar-refractivity contribution >= 4 is 27.8 Å². The first-order chi connectivity index (χ1) is 9.58. The minimum atomic E-state index is 0.0230. The number of carbonyl (C=O) groups excluding carboxylic acids is 1. The highest BCUT2D eigenvalue weighted by atomic mass is 32.1. The molecule has 0 aromatic carbocycles. The number of nitrogens with two attached hydrogens (primary N) is 1. The number of anilines is 2. The van der Waals surface area contributed by atoms with Gasteiger partial charge < -0.3 is 15.8 Å². The van der Waals surface area contributed by atoms with Gasteiger partial charge >= 0.3 is 0 Å². The summed E-state index contributed by atoms with van der Waals surface area (Å²) in [6, 6.07) is 0.0327. The number of methoxy groups -OCH3 is 1. The topological polar surface area (TPSA) is 93.0 Å². The highest BCUT2D eigenvalue weighted by Gasteiger charge is 2.22. The number of ether oxygens (including phenoxy) is 1. The third kappa shape index (κ3) is 2.62. The summed E-state index contributed by atoms with van der Waals surface area (Å²) in [6.07, 6.45) is 3.99. The van der Waals surface area contributed by atoms with Crippen molar-refractivity contribution in [3.8, 4) is 5.75 Å². The highest BCUT2D eigenvalue weighted by molar-refractivity contribution is 7.19. The minimum absolute atomic E-state index is 0.0230. The summed E-state index contributed by atoms with van der Waals surface area (Å²) in [5.41, 5.74) is 7.42. The lowest BCUT2D eigenvalue weighted by molar-refractivity contribution is 0.0992. The second-order valence-corrected chi connectivity index (χ2v) is 5.40. The van der Waals surface area contributed by atoms with Crippen LogP contribution in [-0.2, 0) is 0 Å². The predicted octanol–water partition coefficient (Wildman–Crippen LogP) is 2.83. The van der Waals surface area contributed by atoms with Crippen LogP contribution in [0, 0.1) is 0 Å². The molecule has 0 aliphatic heterocycles. The van der Waals surface area contributed by atoms with Gasteiger partial charge in [-0.25, -0.2) is 0 Å². The third-order valence-electron chi connectivity index (χ3n) is 3.05. The number of hydrogen-bond donors (Lipinski definition) is 3. The normalized spacial score (nSPS) is 12.2. The molecule has 0 aliphatic carbocycles. The van der Waals surface area contributed by atoms with E-state index in [-0.39, 0.29) is 11.8 Å². The first kappa shape index (κ1) is 14.4. The SMILES string of the molecule is CCC(=O)c1sc(NC(C)c2cn[nH]c2)c(OC)c1N. The van der Waals surface area contributed by atoms with E-state index < -0.39 is 0 Å². The van der Waals surface area contributed by atoms with E-state index in [9.17, 15) is 4.79 Å². The smallest absolute Gasteiger partial charge is 0.176 e. The Morgan fingerprint density at radius 2 is 2.40 bits per heavy atom. The molecule has 108 valence electrons. The molecule has 7 heteroatoms. The maximum Gasteiger partial charge on any atom is 0.176 e. The van der Waals surface area contributed by atoms with Gasteiger partial charge in [0.1, 0.15) is 5.00 Å². The van der Waals surface area contributed by atoms with Crippen LogP contribution in [0.2, 0.25) is 0 Å². The van der Waals surface area contributed by atoms with Gasteiger partial charge in [0.2, 0.25) is 0 Å². The van der Waals surface area contributed by atoms with Crippen LogP contribution in [0.4, 0.5) is 10.7 Å². The van der Waals surface area contributed by atoms with Crippen LogP contribution < -0.4 is 15.8 Å². The number of aromatic nitrogens is 2. The predicted molar refractivity (Wildman–Crippen MR) is 80.5 cm³/mol. The second-order valence-electron chi connectivity index (χ2n) is 4.38. The van der Waals surface area contributed by atoms with Crippen LogP contribution in [0.5, 0.6) is 5.75 Å². The van der Waals surface area contributed by atoms with Crippen LogP contribution in [-0.4, -0.2) is 23.1 Å². The van der Waals surface area contributed by atoms with Crippen molar-refractivity contribution in [1.82, 2.24) is 10.2 Å². The van der Waals surface area contributed by atoms with E-state index >= 15 is 0 Å². The zero-order valence-electron chi connectivity index (χ0n) is 11.7. The molecule has 0 saturated heterocycles. The number of H-pyrrole nitrogens is 1. The molecule has 0 spiro atoms. The van der Waals surface area contributed by atoms with E-state index in [4.69, 9.17) is 10.5 Å². The molecule has 4 N–H and O–H groups in total. The Kier molecular flexibility index (Phi) is 4.29. The van der Waals surface area contributed by atoms with Crippen molar-refractivity contribution in [3.05, 3.63) is 22.8 Å². The van der Waals surface area contributed by atoms with Gasteiger partial charge in [-0.05, 0) is 6.92 Å². The molecule has 0 fully saturated rings. The molecule has 1 unspecified atom stereocenters. The molecule has 2 rings (SSSR count). The Bertz CT molecular complexity index is 592. The van der Waals surface area contributed by atoms with Crippen molar-refractivity contribution in [2.75, 3.05) is 18.2 Å². The Morgan fingerprint density at radius 1 is 1.65 bits per heavy atom. The van der Waals surface area contributed by atoms with Crippen molar-refractivity contribution in [3.63, 3.8) is 0 Å². The molecule has 1 atom stereocenters. The summed E-state index contributed by atoms with van der Waals surface area (Å²) >= 11 is 1.33. The maximum atomic E-state index is 11.9. The van der Waals surface area contributed by atoms with E-state index in [1.807, 2.05) is 20.0 Å². The Morgan fingerprint density at radius 3 is 2.95 bits per heavy atom. The summed E-state index contributed by atoms with van der Waals surface area (Å²) in [5, 5.41) is 10.8. The minimum Gasteiger partial charge on any atom is -0.492 e. The Labute approximate surface area is 121 Å². The van der Waals surface area contributed by atoms with Gasteiger partial charge in [0.05, 0.1) is 29.9 Å². The zero-order valence-corrected chi connectivity index (χ0v) is 12.5. The summed E-state index contributed by atoms with van der Waals surface area (Å²) in [4.78, 5) is 12.4. The number of ketones is 1. The van der Waals surface area contributed by atoms with Crippen molar-refractivity contribution < 1.29 is 9.53 Å². The number of thiophene rings is 1. The van der Waals surface area contributed by atoms with Gasteiger partial charge in [-0.3, -0.25) is 9.89 Å². The number of rotatable bonds is 6. The molecular weight excluding hydrogens is 276 g/mol. The number of aromatic amines is 1. The standard InChI is InChI=1S/C13H18N4O2S/c1-4-9(18)12-10(14)11(19-3)13(20-12)17-7(2)8-5-15-16-6-8/h5-7,17H,4,14H2,1-3H3,(H,15,16). The summed E-state index contributed by atoms with van der Waals surface area (Å²) in [7, 11) is 1.55. The molecule has 6 nitrogen and oxygen atoms in total. The molecule has 0 amide bonds. The molecule has 0 radical (unpaired) electrons. The van der Waals surface area contributed by atoms with Gasteiger partial charge in [-0.15, -0.1) is 11.3 Å². The average molecular weight is 294 g/mol. The third-order valence-corrected chi connectivity index (χ3v) is 4.20. The van der Waals surface area contributed by atoms with Gasteiger partial charge in [-0.2, -0.15) is 5.10 Å². The average Bonchev–Trinajstić information content (AvgIpc) is 3.06. The Hall–Kier alpha value is -2.02. The lowest BCUT2D eigenvalue weighted by Crippen LogP contribution is -2.05. The number of carbonyl (C=O) groups is 1. The van der Waals surface area contributed by atoms with Crippen molar-refractivity contribution in [2.45, 2.75) is 26.3 Å². The van der Waals surface area contributed by atoms with Crippen LogP contribution in [0.1, 0.15) is 41.5 Å². The lowest BCUT2D eigenvalue weighted by Gasteiger charge is -2.13. The van der Waals surface area contributed by atoms with E-state index in [1.165, 1.54) is 11.3 Å². The highest BCUT2D eigenvalue weighted by Crippen LogP contribution is 2.44. The zero-order chi connectivity index (χ0) is 14.7.